The Morgan fingerprint density at radius 3 is 2.58 bits per heavy atom. The number of hydrogen-bond donors (Lipinski definition) is 2. The molecular weight excluding hydrogens is 404 g/mol. The van der Waals surface area contributed by atoms with Crippen LogP contribution in [0.1, 0.15) is 35.0 Å². The Hall–Kier alpha value is -3.40. The van der Waals surface area contributed by atoms with E-state index in [1.54, 1.807) is 19.1 Å². The number of aromatic nitrogens is 2. The zero-order valence-corrected chi connectivity index (χ0v) is 17.4. The molecule has 1 aromatic carbocycles. The van der Waals surface area contributed by atoms with Crippen molar-refractivity contribution < 1.29 is 23.8 Å². The van der Waals surface area contributed by atoms with Crippen LogP contribution >= 0.6 is 0 Å². The lowest BCUT2D eigenvalue weighted by atomic mass is 10.1. The lowest BCUT2D eigenvalue weighted by Gasteiger charge is -2.27. The first kappa shape index (κ1) is 20.9. The van der Waals surface area contributed by atoms with E-state index < -0.39 is 0 Å². The minimum atomic E-state index is -0.322. The summed E-state index contributed by atoms with van der Waals surface area (Å²) in [6.07, 6.45) is 0.289. The van der Waals surface area contributed by atoms with Gasteiger partial charge in [-0.2, -0.15) is 0 Å². The Bertz CT molecular complexity index is 1070. The van der Waals surface area contributed by atoms with Gasteiger partial charge in [-0.1, -0.05) is 0 Å². The summed E-state index contributed by atoms with van der Waals surface area (Å²) in [6, 6.07) is 3.14. The number of morpholine rings is 1. The number of ether oxygens (including phenoxy) is 3. The molecule has 1 aromatic heterocycles. The minimum absolute atomic E-state index is 0.0638. The Morgan fingerprint density at radius 2 is 1.90 bits per heavy atom. The van der Waals surface area contributed by atoms with Crippen molar-refractivity contribution in [1.29, 1.82) is 0 Å². The highest BCUT2D eigenvalue weighted by molar-refractivity contribution is 6.04. The largest absolute Gasteiger partial charge is 0.454 e. The van der Waals surface area contributed by atoms with Gasteiger partial charge in [0.25, 0.3) is 5.56 Å². The molecule has 0 atom stereocenters. The van der Waals surface area contributed by atoms with E-state index in [0.29, 0.717) is 66.3 Å². The van der Waals surface area contributed by atoms with Crippen molar-refractivity contribution in [3.8, 4) is 11.5 Å². The van der Waals surface area contributed by atoms with Gasteiger partial charge in [0.15, 0.2) is 17.3 Å². The number of nitrogens with one attached hydrogen (secondary N) is 2. The second-order valence-electron chi connectivity index (χ2n) is 7.41. The normalized spacial score (nSPS) is 15.1. The summed E-state index contributed by atoms with van der Waals surface area (Å²) in [5.41, 5.74) is 1.49. The number of Topliss-reactive ketones (excluding diaryl/α,β-unsaturated/α-hetero) is 1. The molecule has 164 valence electrons. The van der Waals surface area contributed by atoms with Crippen LogP contribution in [-0.2, 0) is 16.0 Å². The van der Waals surface area contributed by atoms with Gasteiger partial charge in [-0.05, 0) is 26.3 Å². The summed E-state index contributed by atoms with van der Waals surface area (Å²) in [4.78, 5) is 46.4. The molecule has 1 amide bonds. The number of H-pyrrole nitrogens is 1. The fourth-order valence-electron chi connectivity index (χ4n) is 3.60. The summed E-state index contributed by atoms with van der Waals surface area (Å²) in [7, 11) is 0. The number of fused-ring (bicyclic) bond motifs is 1. The first-order valence-corrected chi connectivity index (χ1v) is 10.1. The third-order valence-corrected chi connectivity index (χ3v) is 5.29. The molecule has 1 saturated heterocycles. The predicted octanol–water partition coefficient (Wildman–Crippen LogP) is 1.42. The number of aryl methyl sites for hydroxylation is 1. The molecule has 2 aliphatic rings. The highest BCUT2D eigenvalue weighted by atomic mass is 16.7. The number of benzene rings is 1. The summed E-state index contributed by atoms with van der Waals surface area (Å²) < 4.78 is 15.9. The number of ketones is 1. The maximum atomic E-state index is 12.6. The Balaban J connectivity index is 1.45. The summed E-state index contributed by atoms with van der Waals surface area (Å²) in [6.45, 7) is 5.76. The van der Waals surface area contributed by atoms with Crippen LogP contribution in [0.5, 0.6) is 11.5 Å². The molecule has 0 aliphatic carbocycles. The van der Waals surface area contributed by atoms with Gasteiger partial charge in [0, 0.05) is 42.4 Å². The van der Waals surface area contributed by atoms with E-state index in [9.17, 15) is 14.4 Å². The SMILES string of the molecule is CC(=O)c1cc2c(cc1NC(=O)CCc1c(C)nc(N3CCOCC3)[nH]c1=O)OCO2. The van der Waals surface area contributed by atoms with E-state index in [1.165, 1.54) is 6.92 Å². The second-order valence-corrected chi connectivity index (χ2v) is 7.41. The number of rotatable bonds is 6. The van der Waals surface area contributed by atoms with Gasteiger partial charge < -0.3 is 24.4 Å². The standard InChI is InChI=1S/C21H24N4O6/c1-12-14(20(28)24-21(22-12)25-5-7-29-8-6-25)3-4-19(27)23-16-10-18-17(30-11-31-18)9-15(16)13(2)26/h9-10H,3-8,11H2,1-2H3,(H,23,27)(H,22,24,28). The first-order chi connectivity index (χ1) is 14.9. The molecule has 10 nitrogen and oxygen atoms in total. The predicted molar refractivity (Wildman–Crippen MR) is 112 cm³/mol. The molecule has 2 N–H and O–H groups in total. The number of hydrogen-bond acceptors (Lipinski definition) is 8. The van der Waals surface area contributed by atoms with Crippen LogP contribution in [0.25, 0.3) is 0 Å². The summed E-state index contributed by atoms with van der Waals surface area (Å²) >= 11 is 0. The molecule has 0 saturated carbocycles. The number of anilines is 2. The van der Waals surface area contributed by atoms with Crippen molar-refractivity contribution in [2.45, 2.75) is 26.7 Å². The van der Waals surface area contributed by atoms with Crippen molar-refractivity contribution in [2.75, 3.05) is 43.3 Å². The van der Waals surface area contributed by atoms with Gasteiger partial charge in [-0.15, -0.1) is 0 Å². The van der Waals surface area contributed by atoms with Crippen molar-refractivity contribution in [3.63, 3.8) is 0 Å². The van der Waals surface area contributed by atoms with Crippen molar-refractivity contribution in [2.24, 2.45) is 0 Å². The fourth-order valence-corrected chi connectivity index (χ4v) is 3.60. The van der Waals surface area contributed by atoms with Crippen LogP contribution < -0.4 is 25.2 Å². The maximum Gasteiger partial charge on any atom is 0.255 e. The zero-order valence-electron chi connectivity index (χ0n) is 17.4. The van der Waals surface area contributed by atoms with Crippen LogP contribution in [-0.4, -0.2) is 54.8 Å². The molecule has 1 fully saturated rings. The molecule has 2 aliphatic heterocycles. The molecule has 4 rings (SSSR count). The van der Waals surface area contributed by atoms with Crippen LogP contribution in [0.2, 0.25) is 0 Å². The van der Waals surface area contributed by atoms with E-state index in [2.05, 4.69) is 15.3 Å². The average Bonchev–Trinajstić information content (AvgIpc) is 3.20. The number of nitrogens with zero attached hydrogens (tertiary/aromatic N) is 2. The lowest BCUT2D eigenvalue weighted by molar-refractivity contribution is -0.116. The molecule has 3 heterocycles. The van der Waals surface area contributed by atoms with Crippen LogP contribution in [0.15, 0.2) is 16.9 Å². The highest BCUT2D eigenvalue weighted by Gasteiger charge is 2.21. The second kappa shape index (κ2) is 8.76. The molecule has 0 bridgehead atoms. The highest BCUT2D eigenvalue weighted by Crippen LogP contribution is 2.37. The van der Waals surface area contributed by atoms with Crippen molar-refractivity contribution in [1.82, 2.24) is 9.97 Å². The van der Waals surface area contributed by atoms with Crippen molar-refractivity contribution >= 4 is 23.3 Å². The molecule has 2 aromatic rings. The Labute approximate surface area is 178 Å². The van der Waals surface area contributed by atoms with E-state index in [4.69, 9.17) is 14.2 Å². The average molecular weight is 428 g/mol. The molecule has 0 unspecified atom stereocenters. The summed E-state index contributed by atoms with van der Waals surface area (Å²) in [5.74, 6) is 0.930. The van der Waals surface area contributed by atoms with Crippen LogP contribution in [0.3, 0.4) is 0 Å². The van der Waals surface area contributed by atoms with Gasteiger partial charge in [0.1, 0.15) is 0 Å². The van der Waals surface area contributed by atoms with Crippen LogP contribution in [0.4, 0.5) is 11.6 Å². The van der Waals surface area contributed by atoms with Crippen LogP contribution in [0, 0.1) is 6.92 Å². The maximum absolute atomic E-state index is 12.6. The number of amides is 1. The first-order valence-electron chi connectivity index (χ1n) is 10.1. The monoisotopic (exact) mass is 428 g/mol. The third-order valence-electron chi connectivity index (χ3n) is 5.29. The van der Waals surface area contributed by atoms with Gasteiger partial charge in [0.2, 0.25) is 18.6 Å². The molecule has 10 heteroatoms. The Morgan fingerprint density at radius 1 is 1.19 bits per heavy atom. The van der Waals surface area contributed by atoms with E-state index >= 15 is 0 Å². The van der Waals surface area contributed by atoms with E-state index in [-0.39, 0.29) is 36.9 Å². The van der Waals surface area contributed by atoms with E-state index in [0.717, 1.165) is 0 Å². The number of carbonyl (C=O) groups excluding carboxylic acids is 2. The quantitative estimate of drug-likeness (QED) is 0.663. The fraction of sp³-hybridized carbons (Fsp3) is 0.429. The van der Waals surface area contributed by atoms with Gasteiger partial charge in [0.05, 0.1) is 18.9 Å². The van der Waals surface area contributed by atoms with Gasteiger partial charge >= 0.3 is 0 Å². The smallest absolute Gasteiger partial charge is 0.255 e. The molecule has 31 heavy (non-hydrogen) atoms. The van der Waals surface area contributed by atoms with Crippen molar-refractivity contribution in [3.05, 3.63) is 39.3 Å². The zero-order chi connectivity index (χ0) is 22.0. The van der Waals surface area contributed by atoms with Gasteiger partial charge in [-0.3, -0.25) is 19.4 Å². The Kier molecular flexibility index (Phi) is 5.90. The molecule has 0 spiro atoms. The molecule has 0 radical (unpaired) electrons. The number of aromatic amines is 1. The molecular formula is C21H24N4O6. The minimum Gasteiger partial charge on any atom is -0.454 e. The summed E-state index contributed by atoms with van der Waals surface area (Å²) in [5, 5.41) is 2.74. The number of carbonyl (C=O) groups is 2. The van der Waals surface area contributed by atoms with E-state index in [1.807, 2.05) is 4.90 Å². The topological polar surface area (TPSA) is 123 Å². The lowest BCUT2D eigenvalue weighted by Crippen LogP contribution is -2.38. The third kappa shape index (κ3) is 4.53. The van der Waals surface area contributed by atoms with Gasteiger partial charge in [-0.25, -0.2) is 4.98 Å².